The van der Waals surface area contributed by atoms with E-state index in [0.29, 0.717) is 30.4 Å². The van der Waals surface area contributed by atoms with Gasteiger partial charge in [0.1, 0.15) is 24.6 Å². The number of hydrogen-bond donors (Lipinski definition) is 4. The average Bonchev–Trinajstić information content (AvgIpc) is 3.52. The number of carbonyl (C=O) groups is 1. The van der Waals surface area contributed by atoms with Crippen molar-refractivity contribution < 1.29 is 38.7 Å². The summed E-state index contributed by atoms with van der Waals surface area (Å²) < 4.78 is 30.0. The molecule has 0 radical (unpaired) electrons. The highest BCUT2D eigenvalue weighted by Crippen LogP contribution is 2.48. The summed E-state index contributed by atoms with van der Waals surface area (Å²) in [6.45, 7) is 3.13. The van der Waals surface area contributed by atoms with Crippen LogP contribution in [0.25, 0.3) is 0 Å². The Morgan fingerprint density at radius 2 is 1.94 bits per heavy atom. The van der Waals surface area contributed by atoms with Gasteiger partial charge in [0.15, 0.2) is 11.6 Å². The highest BCUT2D eigenvalue weighted by Gasteiger charge is 2.70. The van der Waals surface area contributed by atoms with Crippen LogP contribution in [0.2, 0.25) is 0 Å². The Balaban J connectivity index is 0.000000607. The molecule has 5 N–H and O–H groups in total. The normalized spacial score (nSPS) is 27.9. The summed E-state index contributed by atoms with van der Waals surface area (Å²) in [7, 11) is 0. The van der Waals surface area contributed by atoms with Crippen molar-refractivity contribution in [2.45, 2.75) is 49.7 Å². The molecule has 2 aliphatic heterocycles. The summed E-state index contributed by atoms with van der Waals surface area (Å²) in [5.41, 5.74) is -0.678. The van der Waals surface area contributed by atoms with Gasteiger partial charge in [0.25, 0.3) is 0 Å². The number of hydrogen-bond acceptors (Lipinski definition) is 10. The van der Waals surface area contributed by atoms with Gasteiger partial charge in [-0.3, -0.25) is 9.36 Å². The van der Waals surface area contributed by atoms with Crippen molar-refractivity contribution in [3.05, 3.63) is 58.4 Å². The SMILES string of the molecule is C1COCO1.CCCC[C@@]1(O)[C@H](O)[C@@H](CO)O[C@@]1(C(=O)c1ccccc1)n1cc(F)c(N)nc1=O. The number of nitrogens with zero attached hydrogens (tertiary/aromatic N) is 2. The molecule has 2 aromatic rings. The monoisotopic (exact) mass is 495 g/mol. The molecule has 11 nitrogen and oxygen atoms in total. The number of Topliss-reactive ketones (excluding diaryl/α,β-unsaturated/α-hetero) is 1. The van der Waals surface area contributed by atoms with Gasteiger partial charge in [-0.25, -0.2) is 9.18 Å². The van der Waals surface area contributed by atoms with E-state index >= 15 is 0 Å². The number of halogens is 1. The number of anilines is 1. The summed E-state index contributed by atoms with van der Waals surface area (Å²) in [4.78, 5) is 29.8. The summed E-state index contributed by atoms with van der Waals surface area (Å²) in [5, 5.41) is 32.1. The van der Waals surface area contributed by atoms with Crippen LogP contribution in [-0.2, 0) is 19.9 Å². The fourth-order valence-corrected chi connectivity index (χ4v) is 4.17. The van der Waals surface area contributed by atoms with E-state index in [1.165, 1.54) is 12.1 Å². The van der Waals surface area contributed by atoms with Gasteiger partial charge >= 0.3 is 5.69 Å². The molecule has 1 aromatic heterocycles. The smallest absolute Gasteiger partial charge is 0.352 e. The highest BCUT2D eigenvalue weighted by molar-refractivity contribution is 6.02. The number of nitrogens with two attached hydrogens (primary N) is 1. The molecule has 3 heterocycles. The first kappa shape index (κ1) is 26.9. The predicted octanol–water partition coefficient (Wildman–Crippen LogP) is 0.164. The van der Waals surface area contributed by atoms with Gasteiger partial charge in [-0.1, -0.05) is 50.1 Å². The maximum atomic E-state index is 14.3. The molecule has 35 heavy (non-hydrogen) atoms. The zero-order valence-electron chi connectivity index (χ0n) is 19.3. The van der Waals surface area contributed by atoms with Crippen LogP contribution in [0, 0.1) is 5.82 Å². The second-order valence-electron chi connectivity index (χ2n) is 8.21. The number of benzene rings is 1. The van der Waals surface area contributed by atoms with Crippen molar-refractivity contribution in [1.29, 1.82) is 0 Å². The summed E-state index contributed by atoms with van der Waals surface area (Å²) in [5.74, 6) is -2.70. The maximum Gasteiger partial charge on any atom is 0.352 e. The molecule has 192 valence electrons. The highest BCUT2D eigenvalue weighted by atomic mass is 19.1. The zero-order chi connectivity index (χ0) is 25.6. The Kier molecular flexibility index (Phi) is 8.70. The second kappa shape index (κ2) is 11.3. The lowest BCUT2D eigenvalue weighted by atomic mass is 9.77. The van der Waals surface area contributed by atoms with Crippen LogP contribution >= 0.6 is 0 Å². The van der Waals surface area contributed by atoms with Crippen molar-refractivity contribution >= 4 is 11.6 Å². The minimum absolute atomic E-state index is 0.0438. The minimum Gasteiger partial charge on any atom is -0.394 e. The Morgan fingerprint density at radius 3 is 2.49 bits per heavy atom. The zero-order valence-corrected chi connectivity index (χ0v) is 19.3. The van der Waals surface area contributed by atoms with Gasteiger partial charge in [-0.2, -0.15) is 4.98 Å². The molecule has 0 spiro atoms. The summed E-state index contributed by atoms with van der Waals surface area (Å²) in [6.07, 6.45) is -1.77. The minimum atomic E-state index is -2.57. The quantitative estimate of drug-likeness (QED) is 0.389. The first-order valence-corrected chi connectivity index (χ1v) is 11.2. The number of ketones is 1. The molecule has 0 amide bonds. The van der Waals surface area contributed by atoms with Gasteiger partial charge in [0.2, 0.25) is 11.5 Å². The van der Waals surface area contributed by atoms with E-state index in [1.807, 2.05) is 6.92 Å². The Labute approximate surface area is 200 Å². The van der Waals surface area contributed by atoms with Gasteiger partial charge in [0, 0.05) is 5.56 Å². The van der Waals surface area contributed by atoms with Gasteiger partial charge < -0.3 is 35.3 Å². The molecule has 2 saturated heterocycles. The summed E-state index contributed by atoms with van der Waals surface area (Å²) >= 11 is 0. The first-order valence-electron chi connectivity index (χ1n) is 11.2. The molecule has 12 heteroatoms. The molecule has 0 bridgehead atoms. The number of aliphatic hydroxyl groups excluding tert-OH is 2. The largest absolute Gasteiger partial charge is 0.394 e. The fourth-order valence-electron chi connectivity index (χ4n) is 4.17. The molecule has 2 fully saturated rings. The van der Waals surface area contributed by atoms with Crippen LogP contribution in [0.15, 0.2) is 41.3 Å². The van der Waals surface area contributed by atoms with Crippen molar-refractivity contribution in [1.82, 2.24) is 9.55 Å². The number of aromatic nitrogens is 2. The molecular weight excluding hydrogens is 465 g/mol. The third-order valence-electron chi connectivity index (χ3n) is 5.97. The van der Waals surface area contributed by atoms with Crippen LogP contribution in [-0.4, -0.2) is 75.1 Å². The third-order valence-corrected chi connectivity index (χ3v) is 5.97. The van der Waals surface area contributed by atoms with Crippen LogP contribution in [0.4, 0.5) is 10.2 Å². The molecule has 2 aliphatic rings. The predicted molar refractivity (Wildman–Crippen MR) is 121 cm³/mol. The Morgan fingerprint density at radius 1 is 1.29 bits per heavy atom. The molecule has 4 rings (SSSR count). The molecule has 0 saturated carbocycles. The van der Waals surface area contributed by atoms with E-state index in [0.717, 1.165) is 13.2 Å². The topological polar surface area (TPSA) is 166 Å². The first-order chi connectivity index (χ1) is 16.7. The van der Waals surface area contributed by atoms with E-state index in [1.54, 1.807) is 18.2 Å². The Hall–Kier alpha value is -2.74. The van der Waals surface area contributed by atoms with Crippen molar-refractivity contribution in [3.8, 4) is 0 Å². The number of unbranched alkanes of at least 4 members (excludes halogenated alkanes) is 1. The van der Waals surface area contributed by atoms with Crippen molar-refractivity contribution in [2.75, 3.05) is 32.3 Å². The Bertz CT molecular complexity index is 1060. The van der Waals surface area contributed by atoms with E-state index < -0.39 is 53.2 Å². The van der Waals surface area contributed by atoms with Gasteiger partial charge in [0.05, 0.1) is 26.0 Å². The number of aliphatic hydroxyl groups is 3. The number of rotatable bonds is 7. The summed E-state index contributed by atoms with van der Waals surface area (Å²) in [6, 6.07) is 7.64. The molecule has 0 unspecified atom stereocenters. The van der Waals surface area contributed by atoms with Crippen LogP contribution in [0.1, 0.15) is 36.5 Å². The molecule has 4 atom stereocenters. The van der Waals surface area contributed by atoms with Crippen LogP contribution in [0.3, 0.4) is 0 Å². The standard InChI is InChI=1S/C20H24FN3O6.C3H6O2/c1-2-3-9-19(29)16(27)14(11-25)30-20(19,15(26)12-7-5-4-6-8-12)24-10-13(21)17(22)23-18(24)28;1-2-5-3-4-1/h4-8,10,14,16,25,27,29H,2-3,9,11H2,1H3,(H2,22,23,28);1-3H2/t14-,16-,19-,20-;/m1./s1. The van der Waals surface area contributed by atoms with Crippen LogP contribution in [0.5, 0.6) is 0 Å². The number of carbonyl (C=O) groups excluding carboxylic acids is 1. The van der Waals surface area contributed by atoms with Crippen molar-refractivity contribution in [3.63, 3.8) is 0 Å². The van der Waals surface area contributed by atoms with Gasteiger partial charge in [-0.05, 0) is 6.42 Å². The number of ether oxygens (including phenoxy) is 3. The number of nitrogen functional groups attached to an aromatic ring is 1. The lowest BCUT2D eigenvalue weighted by molar-refractivity contribution is -0.169. The lowest BCUT2D eigenvalue weighted by Gasteiger charge is -2.41. The molecule has 1 aromatic carbocycles. The molecule has 0 aliphatic carbocycles. The van der Waals surface area contributed by atoms with E-state index in [9.17, 15) is 29.3 Å². The van der Waals surface area contributed by atoms with Crippen molar-refractivity contribution in [2.24, 2.45) is 0 Å². The second-order valence-corrected chi connectivity index (χ2v) is 8.21. The molecular formula is C23H30FN3O8. The van der Waals surface area contributed by atoms with E-state index in [2.05, 4.69) is 4.98 Å². The van der Waals surface area contributed by atoms with Crippen LogP contribution < -0.4 is 11.4 Å². The average molecular weight is 496 g/mol. The van der Waals surface area contributed by atoms with E-state index in [-0.39, 0.29) is 12.0 Å². The van der Waals surface area contributed by atoms with E-state index in [4.69, 9.17) is 19.9 Å². The fraction of sp³-hybridized carbons (Fsp3) is 0.522. The lowest BCUT2D eigenvalue weighted by Crippen LogP contribution is -2.64. The van der Waals surface area contributed by atoms with Gasteiger partial charge in [-0.15, -0.1) is 0 Å². The third kappa shape index (κ3) is 4.99. The maximum absolute atomic E-state index is 14.3.